The Bertz CT molecular complexity index is 844. The lowest BCUT2D eigenvalue weighted by molar-refractivity contribution is -0.117. The van der Waals surface area contributed by atoms with E-state index < -0.39 is 0 Å². The molecule has 0 spiro atoms. The zero-order valence-electron chi connectivity index (χ0n) is 12.8. The maximum Gasteiger partial charge on any atom is 0.267 e. The summed E-state index contributed by atoms with van der Waals surface area (Å²) in [5.74, 6) is 0.0899. The molecule has 0 aliphatic heterocycles. The van der Waals surface area contributed by atoms with Crippen molar-refractivity contribution in [1.82, 2.24) is 20.1 Å². The summed E-state index contributed by atoms with van der Waals surface area (Å²) < 4.78 is 1.83. The smallest absolute Gasteiger partial charge is 0.267 e. The van der Waals surface area contributed by atoms with E-state index in [-0.39, 0.29) is 17.6 Å². The molecular weight excluding hydrogens is 344 g/mol. The van der Waals surface area contributed by atoms with Gasteiger partial charge in [0.2, 0.25) is 5.91 Å². The van der Waals surface area contributed by atoms with Crippen LogP contribution in [0.1, 0.15) is 9.67 Å². The number of imide groups is 1. The molecule has 2 amide bonds. The average Bonchev–Trinajstić information content (AvgIpc) is 3.24. The van der Waals surface area contributed by atoms with Gasteiger partial charge in [-0.15, -0.1) is 21.5 Å². The van der Waals surface area contributed by atoms with Crippen LogP contribution in [0.2, 0.25) is 0 Å². The van der Waals surface area contributed by atoms with E-state index in [0.717, 1.165) is 11.4 Å². The zero-order chi connectivity index (χ0) is 16.9. The molecule has 3 aromatic rings. The number of carbonyl (C=O) groups excluding carboxylic acids is 2. The molecule has 2 heterocycles. The highest BCUT2D eigenvalue weighted by Crippen LogP contribution is 2.22. The summed E-state index contributed by atoms with van der Waals surface area (Å²) in [7, 11) is 1.85. The number of benzene rings is 1. The largest absolute Gasteiger partial charge is 0.305 e. The molecule has 0 saturated heterocycles. The standard InChI is InChI=1S/C16H14N4O2S2/c1-20-14(11-6-3-2-4-7-11)18-19-16(20)24-10-13(21)17-15(22)12-8-5-9-23-12/h2-9H,10H2,1H3,(H,17,21,22). The van der Waals surface area contributed by atoms with Crippen molar-refractivity contribution in [2.24, 2.45) is 7.05 Å². The average molecular weight is 358 g/mol. The maximum absolute atomic E-state index is 11.9. The summed E-state index contributed by atoms with van der Waals surface area (Å²) in [6.45, 7) is 0. The highest BCUT2D eigenvalue weighted by Gasteiger charge is 2.15. The highest BCUT2D eigenvalue weighted by atomic mass is 32.2. The Kier molecular flexibility index (Phi) is 5.07. The van der Waals surface area contributed by atoms with Crippen molar-refractivity contribution < 1.29 is 9.59 Å². The van der Waals surface area contributed by atoms with Gasteiger partial charge in [-0.3, -0.25) is 14.9 Å². The lowest BCUT2D eigenvalue weighted by Crippen LogP contribution is -2.31. The lowest BCUT2D eigenvalue weighted by atomic mass is 10.2. The molecule has 3 rings (SSSR count). The van der Waals surface area contributed by atoms with E-state index in [9.17, 15) is 9.59 Å². The second-order valence-electron chi connectivity index (χ2n) is 4.87. The van der Waals surface area contributed by atoms with Crippen LogP contribution in [0, 0.1) is 0 Å². The summed E-state index contributed by atoms with van der Waals surface area (Å²) in [5.41, 5.74) is 0.955. The van der Waals surface area contributed by atoms with Crippen molar-refractivity contribution in [3.8, 4) is 11.4 Å². The van der Waals surface area contributed by atoms with Crippen LogP contribution >= 0.6 is 23.1 Å². The van der Waals surface area contributed by atoms with Gasteiger partial charge in [-0.05, 0) is 11.4 Å². The molecule has 0 saturated carbocycles. The number of hydrogen-bond acceptors (Lipinski definition) is 6. The molecule has 1 N–H and O–H groups in total. The van der Waals surface area contributed by atoms with E-state index >= 15 is 0 Å². The Balaban J connectivity index is 1.60. The van der Waals surface area contributed by atoms with Crippen LogP contribution in [0.15, 0.2) is 53.0 Å². The number of hydrogen-bond donors (Lipinski definition) is 1. The summed E-state index contributed by atoms with van der Waals surface area (Å²) in [4.78, 5) is 24.2. The van der Waals surface area contributed by atoms with E-state index in [1.165, 1.54) is 23.1 Å². The third-order valence-electron chi connectivity index (χ3n) is 3.20. The van der Waals surface area contributed by atoms with E-state index in [4.69, 9.17) is 0 Å². The number of rotatable bonds is 5. The fourth-order valence-corrected chi connectivity index (χ4v) is 3.37. The van der Waals surface area contributed by atoms with Gasteiger partial charge in [0.25, 0.3) is 5.91 Å². The molecule has 0 aliphatic carbocycles. The van der Waals surface area contributed by atoms with Crippen LogP contribution in [0.3, 0.4) is 0 Å². The SMILES string of the molecule is Cn1c(SCC(=O)NC(=O)c2cccs2)nnc1-c1ccccc1. The molecule has 0 radical (unpaired) electrons. The van der Waals surface area contributed by atoms with Crippen LogP contribution in [-0.2, 0) is 11.8 Å². The first-order valence-electron chi connectivity index (χ1n) is 7.10. The van der Waals surface area contributed by atoms with Gasteiger partial charge in [-0.1, -0.05) is 48.2 Å². The Hall–Kier alpha value is -2.45. The molecule has 6 nitrogen and oxygen atoms in total. The topological polar surface area (TPSA) is 76.9 Å². The molecule has 8 heteroatoms. The molecule has 122 valence electrons. The van der Waals surface area contributed by atoms with Crippen molar-refractivity contribution in [3.05, 3.63) is 52.7 Å². The van der Waals surface area contributed by atoms with Gasteiger partial charge in [0.15, 0.2) is 11.0 Å². The van der Waals surface area contributed by atoms with Crippen molar-refractivity contribution in [1.29, 1.82) is 0 Å². The predicted octanol–water partition coefficient (Wildman–Crippen LogP) is 2.59. The first-order valence-corrected chi connectivity index (χ1v) is 8.97. The van der Waals surface area contributed by atoms with Crippen molar-refractivity contribution in [2.45, 2.75) is 5.16 Å². The van der Waals surface area contributed by atoms with Crippen molar-refractivity contribution in [2.75, 3.05) is 5.75 Å². The molecule has 1 aromatic carbocycles. The first kappa shape index (κ1) is 16.4. The lowest BCUT2D eigenvalue weighted by Gasteiger charge is -2.04. The number of nitrogens with zero attached hydrogens (tertiary/aromatic N) is 3. The van der Waals surface area contributed by atoms with Crippen LogP contribution < -0.4 is 5.32 Å². The quantitative estimate of drug-likeness (QED) is 0.710. The van der Waals surface area contributed by atoms with Gasteiger partial charge in [-0.2, -0.15) is 0 Å². The number of thiophene rings is 1. The highest BCUT2D eigenvalue weighted by molar-refractivity contribution is 7.99. The van der Waals surface area contributed by atoms with E-state index in [0.29, 0.717) is 10.0 Å². The zero-order valence-corrected chi connectivity index (χ0v) is 14.4. The summed E-state index contributed by atoms with van der Waals surface area (Å²) in [6.07, 6.45) is 0. The molecule has 0 aliphatic rings. The Morgan fingerprint density at radius 1 is 1.17 bits per heavy atom. The molecule has 0 fully saturated rings. The second kappa shape index (κ2) is 7.41. The predicted molar refractivity (Wildman–Crippen MR) is 94.0 cm³/mol. The summed E-state index contributed by atoms with van der Waals surface area (Å²) >= 11 is 2.53. The minimum absolute atomic E-state index is 0.0951. The van der Waals surface area contributed by atoms with Gasteiger partial charge in [-0.25, -0.2) is 0 Å². The number of nitrogens with one attached hydrogen (secondary N) is 1. The van der Waals surface area contributed by atoms with E-state index in [1.807, 2.05) is 41.9 Å². The minimum atomic E-state index is -0.376. The number of amides is 2. The number of carbonyl (C=O) groups is 2. The van der Waals surface area contributed by atoms with Crippen molar-refractivity contribution >= 4 is 34.9 Å². The molecule has 0 unspecified atom stereocenters. The van der Waals surface area contributed by atoms with Gasteiger partial charge in [0.1, 0.15) is 0 Å². The van der Waals surface area contributed by atoms with Gasteiger partial charge >= 0.3 is 0 Å². The Morgan fingerprint density at radius 2 is 1.96 bits per heavy atom. The first-order chi connectivity index (χ1) is 11.6. The van der Waals surface area contributed by atoms with Crippen LogP contribution in [0.4, 0.5) is 0 Å². The minimum Gasteiger partial charge on any atom is -0.305 e. The number of thioether (sulfide) groups is 1. The van der Waals surface area contributed by atoms with Gasteiger partial charge < -0.3 is 4.57 Å². The summed E-state index contributed by atoms with van der Waals surface area (Å²) in [6, 6.07) is 13.1. The molecule has 24 heavy (non-hydrogen) atoms. The third kappa shape index (κ3) is 3.72. The normalized spacial score (nSPS) is 10.5. The third-order valence-corrected chi connectivity index (χ3v) is 5.09. The van der Waals surface area contributed by atoms with Gasteiger partial charge in [0, 0.05) is 12.6 Å². The fourth-order valence-electron chi connectivity index (χ4n) is 2.04. The molecule has 0 bridgehead atoms. The van der Waals surface area contributed by atoms with E-state index in [2.05, 4.69) is 15.5 Å². The number of aromatic nitrogens is 3. The summed E-state index contributed by atoms with van der Waals surface area (Å²) in [5, 5.41) is 13.0. The van der Waals surface area contributed by atoms with E-state index in [1.54, 1.807) is 17.5 Å². The van der Waals surface area contributed by atoms with Crippen LogP contribution in [0.5, 0.6) is 0 Å². The Labute approximate surface area is 146 Å². The molecule has 0 atom stereocenters. The Morgan fingerprint density at radius 3 is 2.67 bits per heavy atom. The molecule has 2 aromatic heterocycles. The fraction of sp³-hybridized carbons (Fsp3) is 0.125. The van der Waals surface area contributed by atoms with Gasteiger partial charge in [0.05, 0.1) is 10.6 Å². The van der Waals surface area contributed by atoms with Crippen molar-refractivity contribution in [3.63, 3.8) is 0 Å². The monoisotopic (exact) mass is 358 g/mol. The second-order valence-corrected chi connectivity index (χ2v) is 6.76. The van der Waals surface area contributed by atoms with Crippen LogP contribution in [-0.4, -0.2) is 32.3 Å². The maximum atomic E-state index is 11.9. The van der Waals surface area contributed by atoms with Crippen LogP contribution in [0.25, 0.3) is 11.4 Å². The molecular formula is C16H14N4O2S2.